The summed E-state index contributed by atoms with van der Waals surface area (Å²) in [5, 5.41) is 9.19. The van der Waals surface area contributed by atoms with Gasteiger partial charge < -0.3 is 5.11 Å². The lowest BCUT2D eigenvalue weighted by Gasteiger charge is -2.04. The quantitative estimate of drug-likeness (QED) is 0.463. The fraction of sp³-hybridized carbons (Fsp3) is 0.800. The van der Waals surface area contributed by atoms with Gasteiger partial charge in [-0.25, -0.2) is 0 Å². The molecule has 1 N–H and O–H groups in total. The topological polar surface area (TPSA) is 20.2 Å². The van der Waals surface area contributed by atoms with E-state index in [0.29, 0.717) is 0 Å². The molecule has 0 saturated heterocycles. The van der Waals surface area contributed by atoms with Crippen LogP contribution in [-0.4, -0.2) is 11.2 Å². The predicted octanol–water partition coefficient (Wildman–Crippen LogP) is 2.89. The van der Waals surface area contributed by atoms with E-state index in [9.17, 15) is 5.11 Å². The molecule has 0 aliphatic heterocycles. The molecule has 0 aromatic rings. The van der Waals surface area contributed by atoms with Crippen molar-refractivity contribution in [2.24, 2.45) is 0 Å². The van der Waals surface area contributed by atoms with E-state index >= 15 is 0 Å². The maximum absolute atomic E-state index is 9.19. The van der Waals surface area contributed by atoms with Crippen molar-refractivity contribution in [3.8, 4) is 0 Å². The molecule has 1 unspecified atom stereocenters. The number of unbranched alkanes of at least 4 members (excludes halogenated alkanes) is 1. The van der Waals surface area contributed by atoms with E-state index in [-0.39, 0.29) is 6.10 Å². The highest BCUT2D eigenvalue weighted by Crippen LogP contribution is 2.04. The third kappa shape index (κ3) is 7.60. The molecule has 0 aromatic heterocycles. The van der Waals surface area contributed by atoms with Crippen molar-refractivity contribution in [2.75, 3.05) is 0 Å². The summed E-state index contributed by atoms with van der Waals surface area (Å²) in [4.78, 5) is 0. The van der Waals surface area contributed by atoms with E-state index in [0.717, 1.165) is 32.1 Å². The van der Waals surface area contributed by atoms with E-state index in [2.05, 4.69) is 19.1 Å². The summed E-state index contributed by atoms with van der Waals surface area (Å²) in [5.74, 6) is 0. The summed E-state index contributed by atoms with van der Waals surface area (Å²) >= 11 is 0. The number of aliphatic hydroxyl groups is 1. The molecule has 66 valence electrons. The van der Waals surface area contributed by atoms with Crippen LogP contribution in [-0.2, 0) is 0 Å². The fourth-order valence-electron chi connectivity index (χ4n) is 0.960. The van der Waals surface area contributed by atoms with Crippen LogP contribution in [0.15, 0.2) is 12.2 Å². The molecule has 0 saturated carbocycles. The maximum atomic E-state index is 9.19. The largest absolute Gasteiger partial charge is 0.393 e. The Morgan fingerprint density at radius 1 is 1.27 bits per heavy atom. The van der Waals surface area contributed by atoms with Crippen molar-refractivity contribution < 1.29 is 5.11 Å². The van der Waals surface area contributed by atoms with Gasteiger partial charge in [0.1, 0.15) is 0 Å². The molecule has 0 rings (SSSR count). The normalized spacial score (nSPS) is 14.1. The van der Waals surface area contributed by atoms with Crippen LogP contribution in [0, 0.1) is 0 Å². The van der Waals surface area contributed by atoms with Gasteiger partial charge in [-0.2, -0.15) is 0 Å². The maximum Gasteiger partial charge on any atom is 0.0537 e. The van der Waals surface area contributed by atoms with Gasteiger partial charge in [-0.15, -0.1) is 0 Å². The fourth-order valence-corrected chi connectivity index (χ4v) is 0.960. The average Bonchev–Trinajstić information content (AvgIpc) is 2.04. The van der Waals surface area contributed by atoms with Crippen molar-refractivity contribution in [3.63, 3.8) is 0 Å². The first-order chi connectivity index (χ1) is 5.31. The van der Waals surface area contributed by atoms with Crippen LogP contribution in [0.25, 0.3) is 0 Å². The number of allylic oxidation sites excluding steroid dienone is 2. The van der Waals surface area contributed by atoms with E-state index in [1.54, 1.807) is 0 Å². The lowest BCUT2D eigenvalue weighted by Crippen LogP contribution is -2.02. The van der Waals surface area contributed by atoms with Gasteiger partial charge in [0.25, 0.3) is 0 Å². The Bertz CT molecular complexity index is 97.0. The number of aliphatic hydroxyl groups excluding tert-OH is 1. The first-order valence-electron chi connectivity index (χ1n) is 4.64. The second kappa shape index (κ2) is 7.80. The minimum Gasteiger partial charge on any atom is -0.393 e. The second-order valence-corrected chi connectivity index (χ2v) is 2.87. The molecule has 1 atom stereocenters. The van der Waals surface area contributed by atoms with Crippen LogP contribution in [0.2, 0.25) is 0 Å². The highest BCUT2D eigenvalue weighted by atomic mass is 16.3. The Morgan fingerprint density at radius 3 is 2.55 bits per heavy atom. The first kappa shape index (κ1) is 10.7. The molecule has 0 radical (unpaired) electrons. The van der Waals surface area contributed by atoms with Crippen molar-refractivity contribution in [2.45, 2.75) is 52.1 Å². The zero-order valence-corrected chi connectivity index (χ0v) is 7.71. The molecular weight excluding hydrogens is 136 g/mol. The third-order valence-corrected chi connectivity index (χ3v) is 1.78. The third-order valence-electron chi connectivity index (χ3n) is 1.78. The molecule has 1 nitrogen and oxygen atoms in total. The lowest BCUT2D eigenvalue weighted by atomic mass is 10.1. The molecule has 11 heavy (non-hydrogen) atoms. The number of rotatable bonds is 6. The Morgan fingerprint density at radius 2 is 2.00 bits per heavy atom. The zero-order valence-electron chi connectivity index (χ0n) is 7.71. The molecule has 0 aliphatic rings. The Kier molecular flexibility index (Phi) is 7.59. The van der Waals surface area contributed by atoms with Gasteiger partial charge >= 0.3 is 0 Å². The summed E-state index contributed by atoms with van der Waals surface area (Å²) in [5.41, 5.74) is 0. The van der Waals surface area contributed by atoms with Crippen molar-refractivity contribution in [1.82, 2.24) is 0 Å². The smallest absolute Gasteiger partial charge is 0.0537 e. The van der Waals surface area contributed by atoms with Gasteiger partial charge in [0, 0.05) is 0 Å². The standard InChI is InChI=1S/C10H20O/c1-3-5-6-7-8-9-10(11)4-2/h5-6,10-11H,3-4,7-9H2,1-2H3. The van der Waals surface area contributed by atoms with Gasteiger partial charge in [0.2, 0.25) is 0 Å². The van der Waals surface area contributed by atoms with Crippen LogP contribution >= 0.6 is 0 Å². The van der Waals surface area contributed by atoms with Crippen molar-refractivity contribution in [3.05, 3.63) is 12.2 Å². The molecule has 0 aliphatic carbocycles. The summed E-state index contributed by atoms with van der Waals surface area (Å²) in [7, 11) is 0. The molecule has 1 heteroatoms. The summed E-state index contributed by atoms with van der Waals surface area (Å²) in [6.45, 7) is 4.16. The first-order valence-corrected chi connectivity index (χ1v) is 4.64. The van der Waals surface area contributed by atoms with Gasteiger partial charge in [0.05, 0.1) is 6.10 Å². The van der Waals surface area contributed by atoms with E-state index < -0.39 is 0 Å². The van der Waals surface area contributed by atoms with Crippen molar-refractivity contribution >= 4 is 0 Å². The Hall–Kier alpha value is -0.300. The zero-order chi connectivity index (χ0) is 8.53. The summed E-state index contributed by atoms with van der Waals surface area (Å²) in [6.07, 6.45) is 9.49. The highest BCUT2D eigenvalue weighted by molar-refractivity contribution is 4.79. The molecular formula is C10H20O. The highest BCUT2D eigenvalue weighted by Gasteiger charge is 1.97. The van der Waals surface area contributed by atoms with E-state index in [1.807, 2.05) is 6.92 Å². The molecule has 0 aromatic carbocycles. The van der Waals surface area contributed by atoms with Crippen LogP contribution in [0.5, 0.6) is 0 Å². The molecule has 0 spiro atoms. The van der Waals surface area contributed by atoms with Crippen molar-refractivity contribution in [1.29, 1.82) is 0 Å². The molecule has 0 amide bonds. The minimum absolute atomic E-state index is 0.0787. The molecule has 0 heterocycles. The van der Waals surface area contributed by atoms with Gasteiger partial charge in [-0.05, 0) is 32.1 Å². The molecule has 0 bridgehead atoms. The lowest BCUT2D eigenvalue weighted by molar-refractivity contribution is 0.158. The van der Waals surface area contributed by atoms with Crippen LogP contribution in [0.1, 0.15) is 46.0 Å². The SMILES string of the molecule is CCC=CCCCC(O)CC. The Balaban J connectivity index is 3.07. The van der Waals surface area contributed by atoms with Gasteiger partial charge in [0.15, 0.2) is 0 Å². The summed E-state index contributed by atoms with van der Waals surface area (Å²) in [6, 6.07) is 0. The molecule has 0 fully saturated rings. The average molecular weight is 156 g/mol. The minimum atomic E-state index is -0.0787. The summed E-state index contributed by atoms with van der Waals surface area (Å²) < 4.78 is 0. The van der Waals surface area contributed by atoms with Crippen LogP contribution < -0.4 is 0 Å². The number of hydrogen-bond acceptors (Lipinski definition) is 1. The monoisotopic (exact) mass is 156 g/mol. The van der Waals surface area contributed by atoms with Gasteiger partial charge in [-0.3, -0.25) is 0 Å². The van der Waals surface area contributed by atoms with E-state index in [1.165, 1.54) is 0 Å². The van der Waals surface area contributed by atoms with Crippen LogP contribution in [0.4, 0.5) is 0 Å². The van der Waals surface area contributed by atoms with Gasteiger partial charge in [-0.1, -0.05) is 26.0 Å². The van der Waals surface area contributed by atoms with E-state index in [4.69, 9.17) is 0 Å². The second-order valence-electron chi connectivity index (χ2n) is 2.87. The predicted molar refractivity (Wildman–Crippen MR) is 49.6 cm³/mol. The Labute approximate surface area is 70.1 Å². The number of hydrogen-bond donors (Lipinski definition) is 1. The van der Waals surface area contributed by atoms with Crippen LogP contribution in [0.3, 0.4) is 0 Å².